The predicted molar refractivity (Wildman–Crippen MR) is 118 cm³/mol. The SMILES string of the molecule is COc1ccc2c(c1)OC(C)(C)C[C@H]2NC(=O)C1CCN(Cc2ccccc2F)CC1. The molecule has 2 aromatic carbocycles. The smallest absolute Gasteiger partial charge is 0.223 e. The lowest BCUT2D eigenvalue weighted by Crippen LogP contribution is -2.45. The number of nitrogens with one attached hydrogen (secondary N) is 1. The zero-order valence-electron chi connectivity index (χ0n) is 18.5. The van der Waals surface area contributed by atoms with Gasteiger partial charge in [0.15, 0.2) is 0 Å². The Morgan fingerprint density at radius 3 is 2.68 bits per heavy atom. The Kier molecular flexibility index (Phi) is 6.19. The number of ether oxygens (including phenoxy) is 2. The van der Waals surface area contributed by atoms with Gasteiger partial charge in [-0.2, -0.15) is 0 Å². The van der Waals surface area contributed by atoms with Crippen molar-refractivity contribution >= 4 is 5.91 Å². The summed E-state index contributed by atoms with van der Waals surface area (Å²) in [6, 6.07) is 12.6. The van der Waals surface area contributed by atoms with E-state index in [4.69, 9.17) is 9.47 Å². The van der Waals surface area contributed by atoms with Gasteiger partial charge in [0, 0.05) is 36.1 Å². The summed E-state index contributed by atoms with van der Waals surface area (Å²) in [6.45, 7) is 6.24. The molecule has 0 spiro atoms. The van der Waals surface area contributed by atoms with E-state index in [1.54, 1.807) is 13.2 Å². The van der Waals surface area contributed by atoms with Gasteiger partial charge in [-0.1, -0.05) is 18.2 Å². The number of halogens is 1. The average molecular weight is 427 g/mol. The lowest BCUT2D eigenvalue weighted by Gasteiger charge is -2.39. The predicted octanol–water partition coefficient (Wildman–Crippen LogP) is 4.46. The lowest BCUT2D eigenvalue weighted by atomic mass is 9.88. The molecule has 1 amide bonds. The van der Waals surface area contributed by atoms with E-state index in [-0.39, 0.29) is 29.3 Å². The topological polar surface area (TPSA) is 50.8 Å². The summed E-state index contributed by atoms with van der Waals surface area (Å²) >= 11 is 0. The standard InChI is InChI=1S/C25H31FN2O3/c1-25(2)15-22(20-9-8-19(30-3)14-23(20)31-25)27-24(29)17-10-12-28(13-11-17)16-18-6-4-5-7-21(18)26/h4-9,14,17,22H,10-13,15-16H2,1-3H3,(H,27,29)/t22-/m1/s1. The molecule has 166 valence electrons. The van der Waals surface area contributed by atoms with Crippen molar-refractivity contribution in [3.05, 3.63) is 59.4 Å². The van der Waals surface area contributed by atoms with E-state index < -0.39 is 0 Å². The molecule has 31 heavy (non-hydrogen) atoms. The van der Waals surface area contributed by atoms with E-state index in [0.29, 0.717) is 18.5 Å². The Balaban J connectivity index is 1.37. The molecule has 0 aromatic heterocycles. The quantitative estimate of drug-likeness (QED) is 0.767. The third-order valence-corrected chi connectivity index (χ3v) is 6.30. The molecule has 4 rings (SSSR count). The molecule has 0 bridgehead atoms. The van der Waals surface area contributed by atoms with Crippen LogP contribution in [0.5, 0.6) is 11.5 Å². The van der Waals surface area contributed by atoms with Gasteiger partial charge in [-0.25, -0.2) is 4.39 Å². The van der Waals surface area contributed by atoms with Crippen LogP contribution in [0.4, 0.5) is 4.39 Å². The first-order valence-corrected chi connectivity index (χ1v) is 11.0. The molecule has 2 aliphatic heterocycles. The van der Waals surface area contributed by atoms with Crippen molar-refractivity contribution in [1.82, 2.24) is 10.2 Å². The van der Waals surface area contributed by atoms with E-state index in [1.807, 2.05) is 44.2 Å². The number of piperidine rings is 1. The normalized spacial score (nSPS) is 21.1. The number of hydrogen-bond acceptors (Lipinski definition) is 4. The van der Waals surface area contributed by atoms with Crippen molar-refractivity contribution in [2.24, 2.45) is 5.92 Å². The van der Waals surface area contributed by atoms with E-state index in [2.05, 4.69) is 10.2 Å². The van der Waals surface area contributed by atoms with E-state index in [1.165, 1.54) is 6.07 Å². The number of amides is 1. The van der Waals surface area contributed by atoms with Crippen LogP contribution < -0.4 is 14.8 Å². The first-order valence-electron chi connectivity index (χ1n) is 11.0. The van der Waals surface area contributed by atoms with Crippen molar-refractivity contribution in [2.45, 2.75) is 51.3 Å². The Morgan fingerprint density at radius 1 is 1.23 bits per heavy atom. The molecule has 1 N–H and O–H groups in total. The van der Waals surface area contributed by atoms with E-state index in [0.717, 1.165) is 43.0 Å². The fraction of sp³-hybridized carbons (Fsp3) is 0.480. The summed E-state index contributed by atoms with van der Waals surface area (Å²) in [4.78, 5) is 15.3. The summed E-state index contributed by atoms with van der Waals surface area (Å²) in [5, 5.41) is 3.27. The first-order chi connectivity index (χ1) is 14.8. The summed E-state index contributed by atoms with van der Waals surface area (Å²) in [5.74, 6) is 1.41. The van der Waals surface area contributed by atoms with Crippen LogP contribution in [-0.2, 0) is 11.3 Å². The third-order valence-electron chi connectivity index (χ3n) is 6.30. The highest BCUT2D eigenvalue weighted by Gasteiger charge is 2.36. The molecule has 1 saturated heterocycles. The highest BCUT2D eigenvalue weighted by molar-refractivity contribution is 5.79. The molecule has 0 saturated carbocycles. The molecule has 6 heteroatoms. The Bertz CT molecular complexity index is 938. The second kappa shape index (κ2) is 8.87. The summed E-state index contributed by atoms with van der Waals surface area (Å²) in [6.07, 6.45) is 2.27. The second-order valence-corrected chi connectivity index (χ2v) is 9.17. The summed E-state index contributed by atoms with van der Waals surface area (Å²) in [7, 11) is 1.63. The maximum atomic E-state index is 13.9. The van der Waals surface area contributed by atoms with Gasteiger partial charge in [0.1, 0.15) is 22.9 Å². The number of fused-ring (bicyclic) bond motifs is 1. The number of carbonyl (C=O) groups excluding carboxylic acids is 1. The van der Waals surface area contributed by atoms with Gasteiger partial charge in [-0.3, -0.25) is 9.69 Å². The minimum atomic E-state index is -0.375. The van der Waals surface area contributed by atoms with Gasteiger partial charge in [-0.15, -0.1) is 0 Å². The van der Waals surface area contributed by atoms with Crippen molar-refractivity contribution in [2.75, 3.05) is 20.2 Å². The van der Waals surface area contributed by atoms with Crippen molar-refractivity contribution in [3.8, 4) is 11.5 Å². The molecule has 1 fully saturated rings. The molecule has 2 aromatic rings. The minimum Gasteiger partial charge on any atom is -0.497 e. The third kappa shape index (κ3) is 5.01. The zero-order valence-corrected chi connectivity index (χ0v) is 18.5. The number of carbonyl (C=O) groups is 1. The van der Waals surface area contributed by atoms with Crippen molar-refractivity contribution in [1.29, 1.82) is 0 Å². The minimum absolute atomic E-state index is 0.0236. The number of rotatable bonds is 5. The molecule has 0 radical (unpaired) electrons. The van der Waals surface area contributed by atoms with Gasteiger partial charge in [0.25, 0.3) is 0 Å². The zero-order chi connectivity index (χ0) is 22.0. The molecule has 2 heterocycles. The van der Waals surface area contributed by atoms with Crippen LogP contribution in [0.2, 0.25) is 0 Å². The van der Waals surface area contributed by atoms with Crippen LogP contribution in [0, 0.1) is 11.7 Å². The van der Waals surface area contributed by atoms with Crippen LogP contribution in [0.25, 0.3) is 0 Å². The summed E-state index contributed by atoms with van der Waals surface area (Å²) < 4.78 is 25.4. The molecule has 0 aliphatic carbocycles. The Morgan fingerprint density at radius 2 is 1.97 bits per heavy atom. The van der Waals surface area contributed by atoms with Gasteiger partial charge < -0.3 is 14.8 Å². The van der Waals surface area contributed by atoms with Crippen LogP contribution in [0.1, 0.15) is 50.3 Å². The monoisotopic (exact) mass is 426 g/mol. The highest BCUT2D eigenvalue weighted by Crippen LogP contribution is 2.41. The van der Waals surface area contributed by atoms with Gasteiger partial charge in [-0.05, 0) is 58.0 Å². The van der Waals surface area contributed by atoms with E-state index in [9.17, 15) is 9.18 Å². The van der Waals surface area contributed by atoms with Crippen LogP contribution in [0.15, 0.2) is 42.5 Å². The Hall–Kier alpha value is -2.60. The van der Waals surface area contributed by atoms with Crippen LogP contribution in [-0.4, -0.2) is 36.6 Å². The molecule has 0 unspecified atom stereocenters. The Labute approximate surface area is 183 Å². The number of benzene rings is 2. The largest absolute Gasteiger partial charge is 0.497 e. The molecule has 1 atom stereocenters. The number of hydrogen-bond donors (Lipinski definition) is 1. The molecular formula is C25H31FN2O3. The highest BCUT2D eigenvalue weighted by atomic mass is 19.1. The van der Waals surface area contributed by atoms with Crippen molar-refractivity contribution < 1.29 is 18.7 Å². The van der Waals surface area contributed by atoms with Gasteiger partial charge in [0.2, 0.25) is 5.91 Å². The molecule has 2 aliphatic rings. The average Bonchev–Trinajstić information content (AvgIpc) is 2.74. The first kappa shape index (κ1) is 21.6. The maximum Gasteiger partial charge on any atom is 0.223 e. The maximum absolute atomic E-state index is 13.9. The number of likely N-dealkylation sites (tertiary alicyclic amines) is 1. The van der Waals surface area contributed by atoms with Gasteiger partial charge in [0.05, 0.1) is 13.2 Å². The fourth-order valence-electron chi connectivity index (χ4n) is 4.60. The van der Waals surface area contributed by atoms with Crippen LogP contribution in [0.3, 0.4) is 0 Å². The van der Waals surface area contributed by atoms with E-state index >= 15 is 0 Å². The van der Waals surface area contributed by atoms with Crippen LogP contribution >= 0.6 is 0 Å². The second-order valence-electron chi connectivity index (χ2n) is 9.17. The molecule has 5 nitrogen and oxygen atoms in total. The lowest BCUT2D eigenvalue weighted by molar-refractivity contribution is -0.127. The van der Waals surface area contributed by atoms with Gasteiger partial charge >= 0.3 is 0 Å². The number of methoxy groups -OCH3 is 1. The summed E-state index contributed by atoms with van der Waals surface area (Å²) in [5.41, 5.74) is 1.33. The number of nitrogens with zero attached hydrogens (tertiary/aromatic N) is 1. The van der Waals surface area contributed by atoms with Crippen molar-refractivity contribution in [3.63, 3.8) is 0 Å². The molecular weight excluding hydrogens is 395 g/mol. The fourth-order valence-corrected chi connectivity index (χ4v) is 4.60.